The highest BCUT2D eigenvalue weighted by Crippen LogP contribution is 2.35. The fourth-order valence-electron chi connectivity index (χ4n) is 2.18. The van der Waals surface area contributed by atoms with E-state index in [2.05, 4.69) is 13.8 Å². The minimum Gasteiger partial charge on any atom is -0.375 e. The van der Waals surface area contributed by atoms with Gasteiger partial charge in [-0.15, -0.1) is 0 Å². The molecule has 0 aromatic heterocycles. The smallest absolute Gasteiger partial charge is 0.151 e. The topological polar surface area (TPSA) is 44.0 Å². The van der Waals surface area contributed by atoms with Crippen LogP contribution in [0.15, 0.2) is 0 Å². The molecule has 0 bridgehead atoms. The first-order valence-electron chi connectivity index (χ1n) is 4.19. The molecule has 0 radical (unpaired) electrons. The average molecular weight is 153 g/mol. The molecule has 0 aromatic carbocycles. The van der Waals surface area contributed by atoms with Gasteiger partial charge in [-0.05, 0) is 31.1 Å². The third kappa shape index (κ3) is 1.94. The first-order chi connectivity index (χ1) is 5.06. The molecule has 62 valence electrons. The number of aliphatic hydroxyl groups is 1. The third-order valence-corrected chi connectivity index (χ3v) is 2.39. The van der Waals surface area contributed by atoms with Gasteiger partial charge in [-0.2, -0.15) is 5.26 Å². The van der Waals surface area contributed by atoms with E-state index in [1.54, 1.807) is 0 Å². The van der Waals surface area contributed by atoms with Crippen molar-refractivity contribution in [2.24, 2.45) is 11.8 Å². The lowest BCUT2D eigenvalue weighted by Crippen LogP contribution is -2.36. The zero-order valence-electron chi connectivity index (χ0n) is 7.17. The fraction of sp³-hybridized carbons (Fsp3) is 0.889. The molecular weight excluding hydrogens is 138 g/mol. The zero-order chi connectivity index (χ0) is 8.48. The molecule has 0 aromatic rings. The molecule has 0 heterocycles. The molecule has 0 spiro atoms. The Balaban J connectivity index is 2.64. The van der Waals surface area contributed by atoms with Crippen LogP contribution in [0.2, 0.25) is 0 Å². The molecule has 2 nitrogen and oxygen atoms in total. The van der Waals surface area contributed by atoms with Crippen molar-refractivity contribution < 1.29 is 5.11 Å². The number of hydrogen-bond acceptors (Lipinski definition) is 2. The second kappa shape index (κ2) is 2.83. The molecular formula is C9H15NO. The van der Waals surface area contributed by atoms with E-state index in [0.717, 1.165) is 6.42 Å². The standard InChI is InChI=1S/C9H15NO/c1-7-3-8(2)5-9(11,4-7)6-10/h7-8,11H,3-5H2,1-2H3. The van der Waals surface area contributed by atoms with Gasteiger partial charge in [-0.1, -0.05) is 13.8 Å². The quantitative estimate of drug-likeness (QED) is 0.538. The van der Waals surface area contributed by atoms with Gasteiger partial charge in [-0.25, -0.2) is 0 Å². The molecule has 2 heteroatoms. The van der Waals surface area contributed by atoms with Gasteiger partial charge in [0.15, 0.2) is 5.60 Å². The highest BCUT2D eigenvalue weighted by Gasteiger charge is 2.35. The number of nitrogens with zero attached hydrogens (tertiary/aromatic N) is 1. The third-order valence-electron chi connectivity index (χ3n) is 2.39. The molecule has 1 fully saturated rings. The van der Waals surface area contributed by atoms with Crippen LogP contribution in [0.1, 0.15) is 33.1 Å². The van der Waals surface area contributed by atoms with E-state index in [9.17, 15) is 5.11 Å². The van der Waals surface area contributed by atoms with E-state index in [1.165, 1.54) is 0 Å². The first kappa shape index (κ1) is 8.55. The summed E-state index contributed by atoms with van der Waals surface area (Å²) in [6.45, 7) is 4.19. The zero-order valence-corrected chi connectivity index (χ0v) is 7.17. The van der Waals surface area contributed by atoms with Crippen LogP contribution in [0.3, 0.4) is 0 Å². The Kier molecular flexibility index (Phi) is 2.20. The predicted molar refractivity (Wildman–Crippen MR) is 42.7 cm³/mol. The predicted octanol–water partition coefficient (Wildman–Crippen LogP) is 1.70. The van der Waals surface area contributed by atoms with E-state index >= 15 is 0 Å². The average Bonchev–Trinajstić information content (AvgIpc) is 1.84. The van der Waals surface area contributed by atoms with E-state index in [1.807, 2.05) is 6.07 Å². The second-order valence-corrected chi connectivity index (χ2v) is 4.00. The SMILES string of the molecule is CC1CC(C)CC(O)(C#N)C1. The molecule has 2 unspecified atom stereocenters. The lowest BCUT2D eigenvalue weighted by atomic mass is 9.74. The molecule has 1 saturated carbocycles. The summed E-state index contributed by atoms with van der Waals surface area (Å²) in [6.07, 6.45) is 2.44. The maximum Gasteiger partial charge on any atom is 0.151 e. The molecule has 0 saturated heterocycles. The lowest BCUT2D eigenvalue weighted by molar-refractivity contribution is 0.0177. The minimum absolute atomic E-state index is 0.489. The maximum atomic E-state index is 9.66. The Morgan fingerprint density at radius 2 is 1.82 bits per heavy atom. The van der Waals surface area contributed by atoms with Crippen LogP contribution in [-0.2, 0) is 0 Å². The second-order valence-electron chi connectivity index (χ2n) is 4.00. The largest absolute Gasteiger partial charge is 0.375 e. The molecule has 1 rings (SSSR count). The normalized spacial score (nSPS) is 44.9. The minimum atomic E-state index is -1.03. The van der Waals surface area contributed by atoms with Gasteiger partial charge in [0.1, 0.15) is 0 Å². The fourth-order valence-corrected chi connectivity index (χ4v) is 2.18. The maximum absolute atomic E-state index is 9.66. The van der Waals surface area contributed by atoms with E-state index in [-0.39, 0.29) is 0 Å². The molecule has 11 heavy (non-hydrogen) atoms. The van der Waals surface area contributed by atoms with Gasteiger partial charge < -0.3 is 5.11 Å². The van der Waals surface area contributed by atoms with Crippen molar-refractivity contribution in [3.8, 4) is 6.07 Å². The van der Waals surface area contributed by atoms with Crippen molar-refractivity contribution in [2.45, 2.75) is 38.7 Å². The Bertz CT molecular complexity index is 172. The van der Waals surface area contributed by atoms with Crippen LogP contribution in [0, 0.1) is 23.2 Å². The molecule has 1 aliphatic rings. The molecule has 0 amide bonds. The van der Waals surface area contributed by atoms with Gasteiger partial charge in [0.05, 0.1) is 6.07 Å². The highest BCUT2D eigenvalue weighted by molar-refractivity contribution is 5.03. The summed E-state index contributed by atoms with van der Waals surface area (Å²) in [7, 11) is 0. The summed E-state index contributed by atoms with van der Waals surface area (Å²) in [5, 5.41) is 18.3. The molecule has 1 aliphatic carbocycles. The van der Waals surface area contributed by atoms with Crippen molar-refractivity contribution in [2.75, 3.05) is 0 Å². The summed E-state index contributed by atoms with van der Waals surface area (Å²) < 4.78 is 0. The summed E-state index contributed by atoms with van der Waals surface area (Å²) in [4.78, 5) is 0. The van der Waals surface area contributed by atoms with E-state index < -0.39 is 5.60 Å². The Hall–Kier alpha value is -0.550. The van der Waals surface area contributed by atoms with Crippen LogP contribution in [0.5, 0.6) is 0 Å². The van der Waals surface area contributed by atoms with Crippen LogP contribution >= 0.6 is 0 Å². The number of hydrogen-bond donors (Lipinski definition) is 1. The van der Waals surface area contributed by atoms with Gasteiger partial charge in [0.2, 0.25) is 0 Å². The van der Waals surface area contributed by atoms with Crippen LogP contribution in [-0.4, -0.2) is 10.7 Å². The van der Waals surface area contributed by atoms with Crippen molar-refractivity contribution in [3.05, 3.63) is 0 Å². The van der Waals surface area contributed by atoms with Crippen molar-refractivity contribution in [3.63, 3.8) is 0 Å². The Morgan fingerprint density at radius 3 is 2.18 bits per heavy atom. The summed E-state index contributed by atoms with van der Waals surface area (Å²) in [6, 6.07) is 2.00. The first-order valence-corrected chi connectivity index (χ1v) is 4.19. The molecule has 1 N–H and O–H groups in total. The van der Waals surface area contributed by atoms with Crippen molar-refractivity contribution in [1.82, 2.24) is 0 Å². The van der Waals surface area contributed by atoms with Crippen LogP contribution in [0.25, 0.3) is 0 Å². The van der Waals surface area contributed by atoms with Crippen LogP contribution < -0.4 is 0 Å². The highest BCUT2D eigenvalue weighted by atomic mass is 16.3. The number of nitriles is 1. The Labute approximate surface area is 67.8 Å². The summed E-state index contributed by atoms with van der Waals surface area (Å²) in [5.41, 5.74) is -1.03. The van der Waals surface area contributed by atoms with Crippen molar-refractivity contribution in [1.29, 1.82) is 5.26 Å². The Morgan fingerprint density at radius 1 is 1.36 bits per heavy atom. The van der Waals surface area contributed by atoms with E-state index in [4.69, 9.17) is 5.26 Å². The number of rotatable bonds is 0. The van der Waals surface area contributed by atoms with Gasteiger partial charge in [0.25, 0.3) is 0 Å². The molecule has 2 atom stereocenters. The summed E-state index contributed by atoms with van der Waals surface area (Å²) in [5.74, 6) is 0.979. The summed E-state index contributed by atoms with van der Waals surface area (Å²) >= 11 is 0. The van der Waals surface area contributed by atoms with Crippen molar-refractivity contribution >= 4 is 0 Å². The molecule has 0 aliphatic heterocycles. The monoisotopic (exact) mass is 153 g/mol. The van der Waals surface area contributed by atoms with Gasteiger partial charge >= 0.3 is 0 Å². The van der Waals surface area contributed by atoms with Gasteiger partial charge in [-0.3, -0.25) is 0 Å². The lowest BCUT2D eigenvalue weighted by Gasteiger charge is -2.33. The van der Waals surface area contributed by atoms with Gasteiger partial charge in [0, 0.05) is 0 Å². The van der Waals surface area contributed by atoms with E-state index in [0.29, 0.717) is 24.7 Å². The van der Waals surface area contributed by atoms with Crippen LogP contribution in [0.4, 0.5) is 0 Å².